The average molecular weight is 276 g/mol. The number of halogens is 3. The van der Waals surface area contributed by atoms with Gasteiger partial charge in [0.1, 0.15) is 0 Å². The summed E-state index contributed by atoms with van der Waals surface area (Å²) >= 11 is 17.8. The Morgan fingerprint density at radius 2 is 1.29 bits per heavy atom. The first-order valence-corrected chi connectivity index (χ1v) is 10.2. The average Bonchev–Trinajstić information content (AvgIpc) is 1.76. The molecule has 14 heavy (non-hydrogen) atoms. The van der Waals surface area contributed by atoms with Gasteiger partial charge in [-0.1, -0.05) is 34.6 Å². The predicted octanol–water partition coefficient (Wildman–Crippen LogP) is 5.49. The zero-order chi connectivity index (χ0) is 11.6. The van der Waals surface area contributed by atoms with E-state index in [0.29, 0.717) is 5.41 Å². The molecule has 0 N–H and O–H groups in total. The van der Waals surface area contributed by atoms with Crippen molar-refractivity contribution in [1.29, 1.82) is 0 Å². The van der Waals surface area contributed by atoms with Crippen molar-refractivity contribution in [2.24, 2.45) is 10.8 Å². The van der Waals surface area contributed by atoms with Gasteiger partial charge in [0.25, 0.3) is 0 Å². The second-order valence-electron chi connectivity index (χ2n) is 6.02. The van der Waals surface area contributed by atoms with E-state index in [0.717, 1.165) is 12.5 Å². The highest BCUT2D eigenvalue weighted by molar-refractivity contribution is 7.64. The summed E-state index contributed by atoms with van der Waals surface area (Å²) in [5.41, 5.74) is 0.525. The Hall–Kier alpha value is 1.09. The lowest BCUT2D eigenvalue weighted by Gasteiger charge is -2.30. The first-order valence-electron chi connectivity index (χ1n) is 4.98. The molecule has 0 aliphatic heterocycles. The van der Waals surface area contributed by atoms with E-state index in [2.05, 4.69) is 34.6 Å². The summed E-state index contributed by atoms with van der Waals surface area (Å²) in [6, 6.07) is -1.72. The van der Waals surface area contributed by atoms with Crippen molar-refractivity contribution in [3.05, 3.63) is 0 Å². The van der Waals surface area contributed by atoms with Crippen LogP contribution in [0.3, 0.4) is 0 Å². The van der Waals surface area contributed by atoms with Crippen LogP contribution in [0, 0.1) is 10.8 Å². The molecule has 0 nitrogen and oxygen atoms in total. The molecule has 0 heterocycles. The van der Waals surface area contributed by atoms with Crippen LogP contribution in [-0.2, 0) is 0 Å². The summed E-state index contributed by atoms with van der Waals surface area (Å²) in [5, 5.41) is 0. The summed E-state index contributed by atoms with van der Waals surface area (Å²) in [6.07, 6.45) is 2.30. The largest absolute Gasteiger partial charge is 0.341 e. The number of hydrogen-bond donors (Lipinski definition) is 0. The van der Waals surface area contributed by atoms with Gasteiger partial charge in [0.15, 0.2) is 0 Å². The Morgan fingerprint density at radius 1 is 0.857 bits per heavy atom. The Bertz CT molecular complexity index is 177. The van der Waals surface area contributed by atoms with Gasteiger partial charge in [-0.15, -0.1) is 33.2 Å². The molecular formula is C10H21Cl3Si. The van der Waals surface area contributed by atoms with Gasteiger partial charge in [0, 0.05) is 0 Å². The Labute approximate surface area is 103 Å². The van der Waals surface area contributed by atoms with Crippen molar-refractivity contribution in [2.75, 3.05) is 0 Å². The molecule has 0 radical (unpaired) electrons. The lowest BCUT2D eigenvalue weighted by molar-refractivity contribution is 0.274. The molecule has 0 saturated carbocycles. The monoisotopic (exact) mass is 274 g/mol. The van der Waals surface area contributed by atoms with Gasteiger partial charge in [0.05, 0.1) is 0 Å². The minimum Gasteiger partial charge on any atom is -0.126 e. The van der Waals surface area contributed by atoms with E-state index >= 15 is 0 Å². The fourth-order valence-corrected chi connectivity index (χ4v) is 5.86. The summed E-state index contributed by atoms with van der Waals surface area (Å²) in [4.78, 5) is 0. The fraction of sp³-hybridized carbons (Fsp3) is 1.00. The molecule has 0 rings (SSSR count). The van der Waals surface area contributed by atoms with Crippen molar-refractivity contribution in [3.63, 3.8) is 0 Å². The quantitative estimate of drug-likeness (QED) is 0.470. The SMILES string of the molecule is CC(C)(C)CCC(C)(C)C[Si](Cl)(Cl)Cl. The van der Waals surface area contributed by atoms with Gasteiger partial charge < -0.3 is 0 Å². The maximum absolute atomic E-state index is 5.94. The van der Waals surface area contributed by atoms with Crippen LogP contribution in [0.1, 0.15) is 47.5 Å². The predicted molar refractivity (Wildman–Crippen MR) is 70.6 cm³/mol. The third kappa shape index (κ3) is 9.63. The summed E-state index contributed by atoms with van der Waals surface area (Å²) in [5.74, 6) is 0. The van der Waals surface area contributed by atoms with Crippen molar-refractivity contribution in [2.45, 2.75) is 53.5 Å². The number of hydrogen-bond acceptors (Lipinski definition) is 0. The lowest BCUT2D eigenvalue weighted by atomic mass is 9.81. The van der Waals surface area contributed by atoms with Gasteiger partial charge in [-0.2, -0.15) is 0 Å². The zero-order valence-electron chi connectivity index (χ0n) is 9.76. The molecule has 0 aromatic heterocycles. The van der Waals surface area contributed by atoms with Gasteiger partial charge in [-0.05, 0) is 29.7 Å². The third-order valence-corrected chi connectivity index (χ3v) is 4.79. The van der Waals surface area contributed by atoms with E-state index in [1.54, 1.807) is 0 Å². The number of rotatable bonds is 4. The van der Waals surface area contributed by atoms with E-state index in [4.69, 9.17) is 33.2 Å². The highest BCUT2D eigenvalue weighted by Crippen LogP contribution is 2.40. The molecule has 0 unspecified atom stereocenters. The first kappa shape index (κ1) is 15.1. The third-order valence-electron chi connectivity index (χ3n) is 2.23. The van der Waals surface area contributed by atoms with Crippen LogP contribution >= 0.6 is 33.2 Å². The van der Waals surface area contributed by atoms with E-state index in [1.165, 1.54) is 6.42 Å². The van der Waals surface area contributed by atoms with Gasteiger partial charge >= 0.3 is 6.00 Å². The van der Waals surface area contributed by atoms with Crippen LogP contribution in [0.5, 0.6) is 0 Å². The maximum atomic E-state index is 5.94. The fourth-order valence-electron chi connectivity index (χ4n) is 1.34. The minimum absolute atomic E-state index is 0.157. The van der Waals surface area contributed by atoms with E-state index in [9.17, 15) is 0 Å². The van der Waals surface area contributed by atoms with E-state index < -0.39 is 6.00 Å². The minimum atomic E-state index is -2.47. The Kier molecular flexibility index (Phi) is 5.33. The zero-order valence-corrected chi connectivity index (χ0v) is 13.0. The molecule has 0 saturated heterocycles. The second-order valence-corrected chi connectivity index (χ2v) is 15.1. The van der Waals surface area contributed by atoms with Crippen LogP contribution < -0.4 is 0 Å². The molecule has 0 amide bonds. The molecular weight excluding hydrogens is 255 g/mol. The topological polar surface area (TPSA) is 0 Å². The second kappa shape index (κ2) is 4.95. The summed E-state index contributed by atoms with van der Waals surface area (Å²) in [6.45, 7) is 11.1. The molecule has 0 bridgehead atoms. The van der Waals surface area contributed by atoms with Crippen molar-refractivity contribution >= 4 is 39.2 Å². The molecule has 0 aliphatic carbocycles. The van der Waals surface area contributed by atoms with E-state index in [1.807, 2.05) is 0 Å². The Balaban J connectivity index is 4.09. The van der Waals surface area contributed by atoms with Crippen LogP contribution in [0.25, 0.3) is 0 Å². The highest BCUT2D eigenvalue weighted by atomic mass is 35.8. The van der Waals surface area contributed by atoms with Crippen LogP contribution in [0.4, 0.5) is 0 Å². The highest BCUT2D eigenvalue weighted by Gasteiger charge is 2.34. The first-order chi connectivity index (χ1) is 5.91. The summed E-state index contributed by atoms with van der Waals surface area (Å²) in [7, 11) is 0. The molecule has 0 atom stereocenters. The van der Waals surface area contributed by atoms with Gasteiger partial charge in [-0.25, -0.2) is 0 Å². The van der Waals surface area contributed by atoms with Crippen LogP contribution in [0.15, 0.2) is 0 Å². The molecule has 0 aromatic carbocycles. The van der Waals surface area contributed by atoms with E-state index in [-0.39, 0.29) is 5.41 Å². The molecule has 86 valence electrons. The normalized spacial score (nSPS) is 14.6. The van der Waals surface area contributed by atoms with Crippen molar-refractivity contribution < 1.29 is 0 Å². The van der Waals surface area contributed by atoms with Crippen molar-refractivity contribution in [3.8, 4) is 0 Å². The lowest BCUT2D eigenvalue weighted by Crippen LogP contribution is -2.24. The standard InChI is InChI=1S/C10H21Cl3Si/c1-9(2,3)6-7-10(4,5)8-14(11,12)13/h6-8H2,1-5H3. The van der Waals surface area contributed by atoms with Gasteiger partial charge in [-0.3, -0.25) is 0 Å². The van der Waals surface area contributed by atoms with Crippen molar-refractivity contribution in [1.82, 2.24) is 0 Å². The molecule has 0 aromatic rings. The molecule has 0 fully saturated rings. The smallest absolute Gasteiger partial charge is 0.126 e. The van der Waals surface area contributed by atoms with Crippen LogP contribution in [0.2, 0.25) is 6.04 Å². The molecule has 0 aliphatic rings. The molecule has 4 heteroatoms. The van der Waals surface area contributed by atoms with Crippen LogP contribution in [-0.4, -0.2) is 6.00 Å². The Morgan fingerprint density at radius 3 is 1.57 bits per heavy atom. The molecule has 0 spiro atoms. The maximum Gasteiger partial charge on any atom is 0.341 e. The summed E-state index contributed by atoms with van der Waals surface area (Å²) < 4.78 is 0. The van der Waals surface area contributed by atoms with Gasteiger partial charge in [0.2, 0.25) is 0 Å².